The Hall–Kier alpha value is -3.15. The first kappa shape index (κ1) is 15.7. The summed E-state index contributed by atoms with van der Waals surface area (Å²) < 4.78 is 6.12. The van der Waals surface area contributed by atoms with E-state index in [0.717, 1.165) is 15.8 Å². The lowest BCUT2D eigenvalue weighted by molar-refractivity contribution is -0.117. The largest absolute Gasteiger partial charge is 0.437 e. The lowest BCUT2D eigenvalue weighted by Crippen LogP contribution is -2.25. The summed E-state index contributed by atoms with van der Waals surface area (Å²) in [7, 11) is 0. The lowest BCUT2D eigenvalue weighted by atomic mass is 10.1. The Balaban J connectivity index is 1.75. The Labute approximate surface area is 138 Å². The van der Waals surface area contributed by atoms with Gasteiger partial charge in [0.05, 0.1) is 0 Å². The van der Waals surface area contributed by atoms with Crippen LogP contribution in [0.15, 0.2) is 57.7 Å². The van der Waals surface area contributed by atoms with Crippen LogP contribution in [-0.4, -0.2) is 15.7 Å². The Morgan fingerprint density at radius 3 is 2.46 bits per heavy atom. The van der Waals surface area contributed by atoms with Crippen LogP contribution < -0.4 is 11.1 Å². The molecule has 1 heterocycles. The van der Waals surface area contributed by atoms with Gasteiger partial charge in [-0.3, -0.25) is 4.79 Å². The first-order chi connectivity index (χ1) is 11.5. The van der Waals surface area contributed by atoms with E-state index in [1.54, 1.807) is 12.1 Å². The van der Waals surface area contributed by atoms with Gasteiger partial charge in [0.25, 0.3) is 0 Å². The number of carbonyl (C=O) groups is 1. The van der Waals surface area contributed by atoms with Gasteiger partial charge in [-0.1, -0.05) is 24.3 Å². The molecule has 6 heteroatoms. The van der Waals surface area contributed by atoms with Crippen LogP contribution in [0.4, 0.5) is 5.69 Å². The number of nitrogens with zero attached hydrogens (tertiary/aromatic N) is 2. The number of aromatic nitrogens is 2. The number of anilines is 1. The second-order valence-corrected chi connectivity index (χ2v) is 5.62. The van der Waals surface area contributed by atoms with Crippen molar-refractivity contribution < 1.29 is 9.21 Å². The molecule has 0 bridgehead atoms. The predicted molar refractivity (Wildman–Crippen MR) is 90.7 cm³/mol. The van der Waals surface area contributed by atoms with Crippen molar-refractivity contribution in [2.24, 2.45) is 0 Å². The number of nitrogens with one attached hydrogen (secondary N) is 1. The Morgan fingerprint density at radius 1 is 1.12 bits per heavy atom. The van der Waals surface area contributed by atoms with Crippen LogP contribution in [0.5, 0.6) is 0 Å². The fourth-order valence-corrected chi connectivity index (χ4v) is 2.49. The van der Waals surface area contributed by atoms with Crippen molar-refractivity contribution in [1.82, 2.24) is 9.78 Å². The topological polar surface area (TPSA) is 77.1 Å². The van der Waals surface area contributed by atoms with Gasteiger partial charge in [0.15, 0.2) is 0 Å². The molecule has 3 rings (SSSR count). The number of carbonyl (C=O) groups excluding carboxylic acids is 1. The summed E-state index contributed by atoms with van der Waals surface area (Å²) in [6, 6.07) is 14.8. The normalized spacial score (nSPS) is 10.6. The molecule has 0 aliphatic rings. The highest BCUT2D eigenvalue weighted by Crippen LogP contribution is 2.15. The van der Waals surface area contributed by atoms with E-state index in [1.165, 1.54) is 0 Å². The molecule has 1 amide bonds. The van der Waals surface area contributed by atoms with Crippen molar-refractivity contribution >= 4 is 11.6 Å². The zero-order valence-electron chi connectivity index (χ0n) is 13.4. The summed E-state index contributed by atoms with van der Waals surface area (Å²) in [4.78, 5) is 24.0. The molecule has 1 N–H and O–H groups in total. The van der Waals surface area contributed by atoms with E-state index >= 15 is 0 Å². The number of hydrogen-bond donors (Lipinski definition) is 1. The monoisotopic (exact) mass is 323 g/mol. The summed E-state index contributed by atoms with van der Waals surface area (Å²) in [5.41, 5.74) is 3.48. The highest BCUT2D eigenvalue weighted by molar-refractivity contribution is 5.90. The molecule has 0 aliphatic heterocycles. The van der Waals surface area contributed by atoms with E-state index in [0.29, 0.717) is 11.3 Å². The predicted octanol–water partition coefficient (Wildman–Crippen LogP) is 2.76. The smallest absolute Gasteiger partial charge is 0.388 e. The van der Waals surface area contributed by atoms with E-state index < -0.39 is 5.76 Å². The SMILES string of the molecule is Cc1cc(C)cc(NC(=O)Cn2nc(-c3ccccc3)oc2=O)c1. The Bertz CT molecular complexity index is 906. The minimum atomic E-state index is -0.663. The molecule has 1 aromatic heterocycles. The highest BCUT2D eigenvalue weighted by atomic mass is 16.4. The quantitative estimate of drug-likeness (QED) is 0.801. The van der Waals surface area contributed by atoms with Crippen LogP contribution in [0.2, 0.25) is 0 Å². The maximum atomic E-state index is 12.1. The van der Waals surface area contributed by atoms with Crippen LogP contribution in [0.3, 0.4) is 0 Å². The van der Waals surface area contributed by atoms with Gasteiger partial charge in [0.2, 0.25) is 11.8 Å². The van der Waals surface area contributed by atoms with Gasteiger partial charge in [-0.05, 0) is 49.2 Å². The Kier molecular flexibility index (Phi) is 4.29. The summed E-state index contributed by atoms with van der Waals surface area (Å²) in [6.45, 7) is 3.70. The second kappa shape index (κ2) is 6.54. The van der Waals surface area contributed by atoms with E-state index in [9.17, 15) is 9.59 Å². The van der Waals surface area contributed by atoms with Gasteiger partial charge < -0.3 is 9.73 Å². The van der Waals surface area contributed by atoms with Gasteiger partial charge in [0, 0.05) is 11.3 Å². The van der Waals surface area contributed by atoms with Gasteiger partial charge >= 0.3 is 5.76 Å². The minimum Gasteiger partial charge on any atom is -0.388 e. The molecule has 0 saturated heterocycles. The molecular formula is C18H17N3O3. The fourth-order valence-electron chi connectivity index (χ4n) is 2.49. The molecule has 0 aliphatic carbocycles. The van der Waals surface area contributed by atoms with E-state index in [4.69, 9.17) is 4.42 Å². The van der Waals surface area contributed by atoms with Crippen molar-refractivity contribution in [3.05, 3.63) is 70.2 Å². The average Bonchev–Trinajstić information content (AvgIpc) is 2.88. The molecule has 24 heavy (non-hydrogen) atoms. The van der Waals surface area contributed by atoms with Crippen LogP contribution in [0.25, 0.3) is 11.5 Å². The van der Waals surface area contributed by atoms with Gasteiger partial charge in [0.1, 0.15) is 6.54 Å². The zero-order valence-corrected chi connectivity index (χ0v) is 13.4. The van der Waals surface area contributed by atoms with Crippen molar-refractivity contribution in [3.63, 3.8) is 0 Å². The summed E-state index contributed by atoms with van der Waals surface area (Å²) in [5.74, 6) is -0.806. The van der Waals surface area contributed by atoms with Crippen LogP contribution in [-0.2, 0) is 11.3 Å². The van der Waals surface area contributed by atoms with Gasteiger partial charge in [-0.2, -0.15) is 4.68 Å². The molecule has 0 unspecified atom stereocenters. The lowest BCUT2D eigenvalue weighted by Gasteiger charge is -2.07. The molecule has 0 atom stereocenters. The maximum absolute atomic E-state index is 12.1. The third-order valence-electron chi connectivity index (χ3n) is 3.43. The fraction of sp³-hybridized carbons (Fsp3) is 0.167. The maximum Gasteiger partial charge on any atom is 0.437 e. The minimum absolute atomic E-state index is 0.194. The molecule has 0 radical (unpaired) electrons. The number of rotatable bonds is 4. The van der Waals surface area contributed by atoms with E-state index in [1.807, 2.05) is 50.2 Å². The van der Waals surface area contributed by atoms with Crippen molar-refractivity contribution in [2.45, 2.75) is 20.4 Å². The standard InChI is InChI=1S/C18H17N3O3/c1-12-8-13(2)10-15(9-12)19-16(22)11-21-18(23)24-17(20-21)14-6-4-3-5-7-14/h3-10H,11H2,1-2H3,(H,19,22). The average molecular weight is 323 g/mol. The zero-order chi connectivity index (χ0) is 17.1. The van der Waals surface area contributed by atoms with Crippen LogP contribution in [0.1, 0.15) is 11.1 Å². The van der Waals surface area contributed by atoms with E-state index in [-0.39, 0.29) is 18.3 Å². The molecule has 2 aromatic carbocycles. The van der Waals surface area contributed by atoms with Gasteiger partial charge in [-0.25, -0.2) is 4.79 Å². The second-order valence-electron chi connectivity index (χ2n) is 5.62. The Morgan fingerprint density at radius 2 is 1.79 bits per heavy atom. The number of benzene rings is 2. The molecular weight excluding hydrogens is 306 g/mol. The molecule has 6 nitrogen and oxygen atoms in total. The molecule has 0 fully saturated rings. The summed E-state index contributed by atoms with van der Waals surface area (Å²) in [6.07, 6.45) is 0. The van der Waals surface area contributed by atoms with Gasteiger partial charge in [-0.15, -0.1) is 5.10 Å². The molecule has 0 saturated carbocycles. The summed E-state index contributed by atoms with van der Waals surface area (Å²) in [5, 5.41) is 6.84. The number of amides is 1. The number of hydrogen-bond acceptors (Lipinski definition) is 4. The highest BCUT2D eigenvalue weighted by Gasteiger charge is 2.13. The van der Waals surface area contributed by atoms with Crippen molar-refractivity contribution in [2.75, 3.05) is 5.32 Å². The molecule has 3 aromatic rings. The number of aryl methyl sites for hydroxylation is 2. The van der Waals surface area contributed by atoms with E-state index in [2.05, 4.69) is 10.4 Å². The molecule has 0 spiro atoms. The van der Waals surface area contributed by atoms with Crippen LogP contribution in [0, 0.1) is 13.8 Å². The first-order valence-electron chi connectivity index (χ1n) is 7.53. The third kappa shape index (κ3) is 3.60. The first-order valence-corrected chi connectivity index (χ1v) is 7.53. The molecule has 122 valence electrons. The van der Waals surface area contributed by atoms with Crippen molar-refractivity contribution in [1.29, 1.82) is 0 Å². The van der Waals surface area contributed by atoms with Crippen LogP contribution >= 0.6 is 0 Å². The third-order valence-corrected chi connectivity index (χ3v) is 3.43. The van der Waals surface area contributed by atoms with Crippen molar-refractivity contribution in [3.8, 4) is 11.5 Å². The summed E-state index contributed by atoms with van der Waals surface area (Å²) >= 11 is 0.